The van der Waals surface area contributed by atoms with Crippen molar-refractivity contribution in [2.24, 2.45) is 0 Å². The van der Waals surface area contributed by atoms with Gasteiger partial charge in [0.15, 0.2) is 5.12 Å². The SMILES string of the molecule is CC(=O)SCCOc1c(C)cc(C=O)cc1C. The van der Waals surface area contributed by atoms with Crippen molar-refractivity contribution in [2.75, 3.05) is 12.4 Å². The molecule has 1 rings (SSSR count). The Morgan fingerprint density at radius 2 is 1.94 bits per heavy atom. The third-order valence-corrected chi connectivity index (χ3v) is 3.03. The molecule has 0 atom stereocenters. The Morgan fingerprint density at radius 1 is 1.35 bits per heavy atom. The molecule has 4 heteroatoms. The molecule has 0 unspecified atom stereocenters. The van der Waals surface area contributed by atoms with Crippen molar-refractivity contribution in [1.29, 1.82) is 0 Å². The zero-order valence-corrected chi connectivity index (χ0v) is 11.1. The molecular weight excluding hydrogens is 236 g/mol. The van der Waals surface area contributed by atoms with E-state index in [9.17, 15) is 9.59 Å². The van der Waals surface area contributed by atoms with Gasteiger partial charge in [-0.25, -0.2) is 0 Å². The summed E-state index contributed by atoms with van der Waals surface area (Å²) in [6.45, 7) is 5.85. The maximum Gasteiger partial charge on any atom is 0.185 e. The lowest BCUT2D eigenvalue weighted by Crippen LogP contribution is -2.04. The molecule has 0 fully saturated rings. The molecular formula is C13H16O3S. The quantitative estimate of drug-likeness (QED) is 0.597. The highest BCUT2D eigenvalue weighted by atomic mass is 32.2. The second-order valence-corrected chi connectivity index (χ2v) is 5.06. The van der Waals surface area contributed by atoms with Gasteiger partial charge in [-0.2, -0.15) is 0 Å². The van der Waals surface area contributed by atoms with Gasteiger partial charge in [0, 0.05) is 18.2 Å². The van der Waals surface area contributed by atoms with Gasteiger partial charge in [0.1, 0.15) is 12.0 Å². The van der Waals surface area contributed by atoms with E-state index in [0.717, 1.165) is 23.2 Å². The fourth-order valence-electron chi connectivity index (χ4n) is 1.61. The van der Waals surface area contributed by atoms with E-state index in [1.54, 1.807) is 19.1 Å². The van der Waals surface area contributed by atoms with Crippen LogP contribution in [0.5, 0.6) is 5.75 Å². The van der Waals surface area contributed by atoms with Crippen LogP contribution in [0.2, 0.25) is 0 Å². The lowest BCUT2D eigenvalue weighted by molar-refractivity contribution is -0.109. The maximum absolute atomic E-state index is 10.7. The van der Waals surface area contributed by atoms with Gasteiger partial charge in [0.25, 0.3) is 0 Å². The van der Waals surface area contributed by atoms with E-state index in [4.69, 9.17) is 4.74 Å². The number of carbonyl (C=O) groups is 2. The van der Waals surface area contributed by atoms with Crippen molar-refractivity contribution in [2.45, 2.75) is 20.8 Å². The molecule has 0 radical (unpaired) electrons. The summed E-state index contributed by atoms with van der Waals surface area (Å²) in [4.78, 5) is 21.4. The summed E-state index contributed by atoms with van der Waals surface area (Å²) in [7, 11) is 0. The van der Waals surface area contributed by atoms with E-state index >= 15 is 0 Å². The summed E-state index contributed by atoms with van der Waals surface area (Å²) in [5.41, 5.74) is 2.55. The third-order valence-electron chi connectivity index (χ3n) is 2.25. The summed E-state index contributed by atoms with van der Waals surface area (Å²) in [6, 6.07) is 3.60. The molecule has 0 amide bonds. The maximum atomic E-state index is 10.7. The first-order valence-corrected chi connectivity index (χ1v) is 6.35. The minimum atomic E-state index is 0.0957. The van der Waals surface area contributed by atoms with Crippen molar-refractivity contribution < 1.29 is 14.3 Å². The first kappa shape index (κ1) is 13.8. The van der Waals surface area contributed by atoms with Crippen LogP contribution in [-0.2, 0) is 4.79 Å². The van der Waals surface area contributed by atoms with Crippen LogP contribution >= 0.6 is 11.8 Å². The van der Waals surface area contributed by atoms with Crippen molar-refractivity contribution in [3.8, 4) is 5.75 Å². The van der Waals surface area contributed by atoms with Crippen molar-refractivity contribution in [3.05, 3.63) is 28.8 Å². The molecule has 0 bridgehead atoms. The molecule has 17 heavy (non-hydrogen) atoms. The molecule has 0 spiro atoms. The standard InChI is InChI=1S/C13H16O3S/c1-9-6-12(8-14)7-10(2)13(9)16-4-5-17-11(3)15/h6-8H,4-5H2,1-3H3. The monoisotopic (exact) mass is 252 g/mol. The normalized spacial score (nSPS) is 10.1. The fourth-order valence-corrected chi connectivity index (χ4v) is 2.06. The van der Waals surface area contributed by atoms with E-state index in [1.807, 2.05) is 13.8 Å². The Balaban J connectivity index is 2.65. The summed E-state index contributed by atoms with van der Waals surface area (Å²) in [6.07, 6.45) is 0.829. The second kappa shape index (κ2) is 6.45. The van der Waals surface area contributed by atoms with Crippen LogP contribution in [0.1, 0.15) is 28.4 Å². The van der Waals surface area contributed by atoms with E-state index in [-0.39, 0.29) is 5.12 Å². The predicted molar refractivity (Wildman–Crippen MR) is 69.9 cm³/mol. The van der Waals surface area contributed by atoms with E-state index in [1.165, 1.54) is 11.8 Å². The molecule has 0 aromatic heterocycles. The lowest BCUT2D eigenvalue weighted by atomic mass is 10.1. The van der Waals surface area contributed by atoms with Crippen LogP contribution < -0.4 is 4.74 Å². The molecule has 0 aliphatic carbocycles. The van der Waals surface area contributed by atoms with Crippen molar-refractivity contribution in [3.63, 3.8) is 0 Å². The Bertz CT molecular complexity index is 404. The fraction of sp³-hybridized carbons (Fsp3) is 0.385. The highest BCUT2D eigenvalue weighted by Gasteiger charge is 2.06. The van der Waals surface area contributed by atoms with Crippen LogP contribution in [0.15, 0.2) is 12.1 Å². The molecule has 0 N–H and O–H groups in total. The number of benzene rings is 1. The number of ether oxygens (including phenoxy) is 1. The van der Waals surface area contributed by atoms with Gasteiger partial charge in [-0.3, -0.25) is 9.59 Å². The van der Waals surface area contributed by atoms with Gasteiger partial charge < -0.3 is 4.74 Å². The molecule has 0 aliphatic rings. The molecule has 0 aliphatic heterocycles. The smallest absolute Gasteiger partial charge is 0.185 e. The number of carbonyl (C=O) groups excluding carboxylic acids is 2. The number of thioether (sulfide) groups is 1. The average molecular weight is 252 g/mol. The zero-order chi connectivity index (χ0) is 12.8. The third kappa shape index (κ3) is 4.23. The predicted octanol–water partition coefficient (Wildman–Crippen LogP) is 2.77. The summed E-state index contributed by atoms with van der Waals surface area (Å²) >= 11 is 1.25. The van der Waals surface area contributed by atoms with Gasteiger partial charge in [-0.05, 0) is 37.1 Å². The van der Waals surface area contributed by atoms with Crippen LogP contribution in [0, 0.1) is 13.8 Å². The van der Waals surface area contributed by atoms with E-state index in [0.29, 0.717) is 17.9 Å². The van der Waals surface area contributed by atoms with Gasteiger partial charge in [-0.1, -0.05) is 11.8 Å². The Hall–Kier alpha value is -1.29. The summed E-state index contributed by atoms with van der Waals surface area (Å²) in [5.74, 6) is 1.45. The molecule has 0 heterocycles. The summed E-state index contributed by atoms with van der Waals surface area (Å²) < 4.78 is 5.63. The highest BCUT2D eigenvalue weighted by Crippen LogP contribution is 2.24. The summed E-state index contributed by atoms with van der Waals surface area (Å²) in [5, 5.41) is 0.0957. The number of hydrogen-bond donors (Lipinski definition) is 0. The topological polar surface area (TPSA) is 43.4 Å². The first-order valence-electron chi connectivity index (χ1n) is 5.37. The van der Waals surface area contributed by atoms with Crippen LogP contribution in [-0.4, -0.2) is 23.8 Å². The minimum Gasteiger partial charge on any atom is -0.492 e. The van der Waals surface area contributed by atoms with Crippen molar-refractivity contribution >= 4 is 23.2 Å². The van der Waals surface area contributed by atoms with Crippen molar-refractivity contribution in [1.82, 2.24) is 0 Å². The van der Waals surface area contributed by atoms with Crippen LogP contribution in [0.25, 0.3) is 0 Å². The van der Waals surface area contributed by atoms with E-state index in [2.05, 4.69) is 0 Å². The van der Waals surface area contributed by atoms with Crippen LogP contribution in [0.3, 0.4) is 0 Å². The molecule has 0 saturated heterocycles. The minimum absolute atomic E-state index is 0.0957. The Kier molecular flexibility index (Phi) is 5.22. The zero-order valence-electron chi connectivity index (χ0n) is 10.3. The van der Waals surface area contributed by atoms with Gasteiger partial charge >= 0.3 is 0 Å². The average Bonchev–Trinajstić information content (AvgIpc) is 2.26. The molecule has 1 aromatic carbocycles. The second-order valence-electron chi connectivity index (χ2n) is 3.79. The number of aldehydes is 1. The van der Waals surface area contributed by atoms with Gasteiger partial charge in [-0.15, -0.1) is 0 Å². The number of aryl methyl sites for hydroxylation is 2. The molecule has 1 aromatic rings. The Morgan fingerprint density at radius 3 is 2.41 bits per heavy atom. The van der Waals surface area contributed by atoms with Gasteiger partial charge in [0.05, 0.1) is 6.61 Å². The lowest BCUT2D eigenvalue weighted by Gasteiger charge is -2.12. The van der Waals surface area contributed by atoms with E-state index < -0.39 is 0 Å². The largest absolute Gasteiger partial charge is 0.492 e. The number of rotatable bonds is 5. The highest BCUT2D eigenvalue weighted by molar-refractivity contribution is 8.13. The molecule has 0 saturated carbocycles. The number of hydrogen-bond acceptors (Lipinski definition) is 4. The molecule has 92 valence electrons. The molecule has 3 nitrogen and oxygen atoms in total. The Labute approximate surface area is 106 Å². The van der Waals surface area contributed by atoms with Crippen LogP contribution in [0.4, 0.5) is 0 Å². The first-order chi connectivity index (χ1) is 8.04. The van der Waals surface area contributed by atoms with Gasteiger partial charge in [0.2, 0.25) is 0 Å².